The first-order valence-electron chi connectivity index (χ1n) is 9.82. The largest absolute Gasteiger partial charge is 0.352 e. The van der Waals surface area contributed by atoms with E-state index in [1.54, 1.807) is 0 Å². The molecule has 0 aliphatic carbocycles. The number of rotatable bonds is 7. The van der Waals surface area contributed by atoms with Gasteiger partial charge in [-0.1, -0.05) is 60.5 Å². The summed E-state index contributed by atoms with van der Waals surface area (Å²) < 4.78 is 0. The Balaban J connectivity index is 1.49. The van der Waals surface area contributed by atoms with E-state index < -0.39 is 0 Å². The highest BCUT2D eigenvalue weighted by Crippen LogP contribution is 2.16. The molecular weight excluding hydrogens is 320 g/mol. The van der Waals surface area contributed by atoms with Crippen molar-refractivity contribution < 1.29 is 4.79 Å². The number of hydrogen-bond acceptors (Lipinski definition) is 2. The van der Waals surface area contributed by atoms with Crippen LogP contribution in [0.5, 0.6) is 0 Å². The van der Waals surface area contributed by atoms with Crippen molar-refractivity contribution in [1.29, 1.82) is 0 Å². The first-order valence-corrected chi connectivity index (χ1v) is 9.82. The number of piperidine rings is 1. The van der Waals surface area contributed by atoms with E-state index in [0.717, 1.165) is 13.0 Å². The van der Waals surface area contributed by atoms with Crippen molar-refractivity contribution in [3.05, 3.63) is 70.8 Å². The van der Waals surface area contributed by atoms with Gasteiger partial charge in [-0.05, 0) is 56.0 Å². The van der Waals surface area contributed by atoms with Crippen LogP contribution in [0, 0.1) is 6.92 Å². The fourth-order valence-electron chi connectivity index (χ4n) is 3.54. The molecule has 0 unspecified atom stereocenters. The van der Waals surface area contributed by atoms with Gasteiger partial charge in [0.15, 0.2) is 0 Å². The number of amides is 1. The van der Waals surface area contributed by atoms with Gasteiger partial charge in [-0.2, -0.15) is 0 Å². The molecule has 1 aliphatic heterocycles. The molecule has 2 aromatic carbocycles. The lowest BCUT2D eigenvalue weighted by molar-refractivity contribution is -0.121. The third-order valence-corrected chi connectivity index (χ3v) is 5.20. The van der Waals surface area contributed by atoms with Crippen molar-refractivity contribution in [1.82, 2.24) is 10.2 Å². The van der Waals surface area contributed by atoms with E-state index in [1.807, 2.05) is 0 Å². The maximum atomic E-state index is 12.2. The van der Waals surface area contributed by atoms with Gasteiger partial charge < -0.3 is 5.32 Å². The molecule has 3 heteroatoms. The first kappa shape index (κ1) is 18.7. The number of nitrogens with zero attached hydrogens (tertiary/aromatic N) is 1. The Morgan fingerprint density at radius 2 is 1.65 bits per heavy atom. The average molecular weight is 351 g/mol. The molecule has 3 rings (SSSR count). The minimum absolute atomic E-state index is 0.123. The Morgan fingerprint density at radius 1 is 0.962 bits per heavy atom. The summed E-state index contributed by atoms with van der Waals surface area (Å²) in [5.41, 5.74) is 5.05. The van der Waals surface area contributed by atoms with Crippen LogP contribution < -0.4 is 5.32 Å². The molecule has 1 heterocycles. The van der Waals surface area contributed by atoms with Crippen molar-refractivity contribution in [2.75, 3.05) is 13.1 Å². The summed E-state index contributed by atoms with van der Waals surface area (Å²) in [5.74, 6) is 0.123. The van der Waals surface area contributed by atoms with Crippen LogP contribution in [0.3, 0.4) is 0 Å². The van der Waals surface area contributed by atoms with Gasteiger partial charge in [-0.15, -0.1) is 0 Å². The van der Waals surface area contributed by atoms with Gasteiger partial charge >= 0.3 is 0 Å². The lowest BCUT2D eigenvalue weighted by atomic mass is 10.0. The summed E-state index contributed by atoms with van der Waals surface area (Å²) >= 11 is 0. The van der Waals surface area contributed by atoms with E-state index in [2.05, 4.69) is 65.7 Å². The molecule has 0 saturated carbocycles. The van der Waals surface area contributed by atoms with Crippen molar-refractivity contribution >= 4 is 5.91 Å². The topological polar surface area (TPSA) is 32.3 Å². The fourth-order valence-corrected chi connectivity index (χ4v) is 3.54. The van der Waals surface area contributed by atoms with Crippen LogP contribution in [0.2, 0.25) is 0 Å². The predicted octanol–water partition coefficient (Wildman–Crippen LogP) is 4.23. The van der Waals surface area contributed by atoms with E-state index in [1.165, 1.54) is 54.6 Å². The second kappa shape index (κ2) is 9.54. The first-order chi connectivity index (χ1) is 12.7. The summed E-state index contributed by atoms with van der Waals surface area (Å²) in [6, 6.07) is 16.9. The van der Waals surface area contributed by atoms with Crippen molar-refractivity contribution in [3.8, 4) is 0 Å². The molecular formula is C23H30N2O. The van der Waals surface area contributed by atoms with Crippen molar-refractivity contribution in [3.63, 3.8) is 0 Å². The van der Waals surface area contributed by atoms with Gasteiger partial charge in [0.05, 0.1) is 0 Å². The van der Waals surface area contributed by atoms with E-state index in [0.29, 0.717) is 13.0 Å². The molecule has 1 fully saturated rings. The molecule has 0 radical (unpaired) electrons. The molecule has 1 saturated heterocycles. The minimum Gasteiger partial charge on any atom is -0.352 e. The maximum absolute atomic E-state index is 12.2. The van der Waals surface area contributed by atoms with E-state index in [4.69, 9.17) is 0 Å². The zero-order chi connectivity index (χ0) is 18.2. The Morgan fingerprint density at radius 3 is 2.38 bits per heavy atom. The van der Waals surface area contributed by atoms with Crippen LogP contribution in [-0.2, 0) is 24.3 Å². The summed E-state index contributed by atoms with van der Waals surface area (Å²) in [4.78, 5) is 14.8. The Kier molecular flexibility index (Phi) is 6.84. The zero-order valence-corrected chi connectivity index (χ0v) is 15.8. The molecule has 1 amide bonds. The number of benzene rings is 2. The second-order valence-corrected chi connectivity index (χ2v) is 7.37. The fraction of sp³-hybridized carbons (Fsp3) is 0.435. The van der Waals surface area contributed by atoms with Crippen molar-refractivity contribution in [2.45, 2.75) is 52.1 Å². The van der Waals surface area contributed by atoms with Gasteiger partial charge in [-0.3, -0.25) is 9.69 Å². The van der Waals surface area contributed by atoms with E-state index in [9.17, 15) is 4.79 Å². The maximum Gasteiger partial charge on any atom is 0.220 e. The van der Waals surface area contributed by atoms with Crippen LogP contribution in [0.4, 0.5) is 0 Å². The minimum atomic E-state index is 0.123. The standard InChI is InChI=1S/C23H30N2O/c1-19-9-11-20(12-10-19)13-14-23(26)24-17-21-7-3-4-8-22(21)18-25-15-5-2-6-16-25/h3-4,7-12H,2,5-6,13-18H2,1H3,(H,24,26). The summed E-state index contributed by atoms with van der Waals surface area (Å²) in [5, 5.41) is 3.10. The van der Waals surface area contributed by atoms with Gasteiger partial charge in [0.25, 0.3) is 0 Å². The normalized spacial score (nSPS) is 15.0. The quantitative estimate of drug-likeness (QED) is 0.810. The number of nitrogens with one attached hydrogen (secondary N) is 1. The molecule has 26 heavy (non-hydrogen) atoms. The number of carbonyl (C=O) groups is 1. The van der Waals surface area contributed by atoms with Crippen molar-refractivity contribution in [2.24, 2.45) is 0 Å². The van der Waals surface area contributed by atoms with Crippen LogP contribution in [0.25, 0.3) is 0 Å². The lowest BCUT2D eigenvalue weighted by Gasteiger charge is -2.27. The monoisotopic (exact) mass is 350 g/mol. The van der Waals surface area contributed by atoms with Gasteiger partial charge in [0.1, 0.15) is 0 Å². The molecule has 0 spiro atoms. The third kappa shape index (κ3) is 5.70. The lowest BCUT2D eigenvalue weighted by Crippen LogP contribution is -2.30. The summed E-state index contributed by atoms with van der Waals surface area (Å²) in [7, 11) is 0. The van der Waals surface area contributed by atoms with Crippen LogP contribution in [-0.4, -0.2) is 23.9 Å². The summed E-state index contributed by atoms with van der Waals surface area (Å²) in [6.07, 6.45) is 5.30. The van der Waals surface area contributed by atoms with Gasteiger partial charge in [0.2, 0.25) is 5.91 Å². The molecule has 0 atom stereocenters. The number of aryl methyl sites for hydroxylation is 2. The summed E-state index contributed by atoms with van der Waals surface area (Å²) in [6.45, 7) is 6.08. The molecule has 3 nitrogen and oxygen atoms in total. The zero-order valence-electron chi connectivity index (χ0n) is 15.8. The number of likely N-dealkylation sites (tertiary alicyclic amines) is 1. The average Bonchev–Trinajstić information content (AvgIpc) is 2.68. The highest BCUT2D eigenvalue weighted by atomic mass is 16.1. The van der Waals surface area contributed by atoms with Gasteiger partial charge in [0, 0.05) is 19.5 Å². The van der Waals surface area contributed by atoms with E-state index >= 15 is 0 Å². The highest BCUT2D eigenvalue weighted by Gasteiger charge is 2.12. The van der Waals surface area contributed by atoms with E-state index in [-0.39, 0.29) is 5.91 Å². The Hall–Kier alpha value is -2.13. The van der Waals surface area contributed by atoms with Crippen LogP contribution in [0.1, 0.15) is 47.9 Å². The third-order valence-electron chi connectivity index (χ3n) is 5.20. The highest BCUT2D eigenvalue weighted by molar-refractivity contribution is 5.76. The smallest absolute Gasteiger partial charge is 0.220 e. The number of hydrogen-bond donors (Lipinski definition) is 1. The second-order valence-electron chi connectivity index (χ2n) is 7.37. The molecule has 0 bridgehead atoms. The molecule has 1 aliphatic rings. The van der Waals surface area contributed by atoms with Crippen LogP contribution in [0.15, 0.2) is 48.5 Å². The SMILES string of the molecule is Cc1ccc(CCC(=O)NCc2ccccc2CN2CCCCC2)cc1. The molecule has 2 aromatic rings. The molecule has 138 valence electrons. The Labute approximate surface area is 157 Å². The predicted molar refractivity (Wildman–Crippen MR) is 107 cm³/mol. The molecule has 0 aromatic heterocycles. The van der Waals surface area contributed by atoms with Gasteiger partial charge in [-0.25, -0.2) is 0 Å². The molecule has 1 N–H and O–H groups in total. The van der Waals surface area contributed by atoms with Crippen LogP contribution >= 0.6 is 0 Å². The Bertz CT molecular complexity index is 702. The number of carbonyl (C=O) groups excluding carboxylic acids is 1.